The molecule has 2 aliphatic rings. The second-order valence-electron chi connectivity index (χ2n) is 11.9. The number of aliphatic imine (C=N–C) groups is 1. The van der Waals surface area contributed by atoms with E-state index in [-0.39, 0.29) is 11.3 Å². The summed E-state index contributed by atoms with van der Waals surface area (Å²) in [5.74, 6) is 2.74. The third-order valence-corrected chi connectivity index (χ3v) is 6.42. The van der Waals surface area contributed by atoms with Gasteiger partial charge in [-0.3, -0.25) is 4.98 Å². The summed E-state index contributed by atoms with van der Waals surface area (Å²) in [5, 5.41) is 10.3. The largest absolute Gasteiger partial charge is 0.479 e. The minimum absolute atomic E-state index is 0.242. The van der Waals surface area contributed by atoms with Crippen LogP contribution in [-0.2, 0) is 14.3 Å². The summed E-state index contributed by atoms with van der Waals surface area (Å²) in [7, 11) is 0. The maximum atomic E-state index is 12.5. The summed E-state index contributed by atoms with van der Waals surface area (Å²) in [4.78, 5) is 23.7. The van der Waals surface area contributed by atoms with E-state index in [9.17, 15) is 9.90 Å². The normalized spacial score (nSPS) is 20.3. The van der Waals surface area contributed by atoms with E-state index in [1.807, 2.05) is 46.0 Å². The van der Waals surface area contributed by atoms with Crippen LogP contribution in [-0.4, -0.2) is 47.3 Å². The number of ether oxygens (including phenoxy) is 2. The highest BCUT2D eigenvalue weighted by Gasteiger charge is 2.36. The van der Waals surface area contributed by atoms with Gasteiger partial charge in [0.05, 0.1) is 23.8 Å². The molecule has 3 rings (SSSR count). The first-order valence-corrected chi connectivity index (χ1v) is 12.8. The van der Waals surface area contributed by atoms with Crippen molar-refractivity contribution in [3.05, 3.63) is 35.2 Å². The third-order valence-electron chi connectivity index (χ3n) is 6.42. The van der Waals surface area contributed by atoms with Gasteiger partial charge in [0.25, 0.3) is 0 Å². The van der Waals surface area contributed by atoms with Crippen molar-refractivity contribution in [3.8, 4) is 12.0 Å². The van der Waals surface area contributed by atoms with Crippen LogP contribution < -0.4 is 4.90 Å². The molecule has 0 bridgehead atoms. The van der Waals surface area contributed by atoms with Crippen molar-refractivity contribution in [1.82, 2.24) is 4.98 Å². The fourth-order valence-corrected chi connectivity index (χ4v) is 4.38. The van der Waals surface area contributed by atoms with Crippen LogP contribution >= 0.6 is 0 Å². The van der Waals surface area contributed by atoms with Gasteiger partial charge in [-0.2, -0.15) is 4.99 Å². The lowest BCUT2D eigenvalue weighted by molar-refractivity contribution is -0.160. The van der Waals surface area contributed by atoms with Crippen LogP contribution in [0.15, 0.2) is 23.3 Å². The van der Waals surface area contributed by atoms with Gasteiger partial charge in [0.2, 0.25) is 5.90 Å². The van der Waals surface area contributed by atoms with Crippen LogP contribution in [0.1, 0.15) is 90.2 Å². The van der Waals surface area contributed by atoms with Crippen LogP contribution in [0.3, 0.4) is 0 Å². The molecule has 1 unspecified atom stereocenters. The van der Waals surface area contributed by atoms with Gasteiger partial charge in [-0.25, -0.2) is 4.79 Å². The molecule has 1 aromatic rings. The van der Waals surface area contributed by atoms with Crippen molar-refractivity contribution < 1.29 is 19.4 Å². The highest BCUT2D eigenvalue weighted by Crippen LogP contribution is 2.42. The summed E-state index contributed by atoms with van der Waals surface area (Å²) in [6, 6.07) is 2.89. The average Bonchev–Trinajstić information content (AvgIpc) is 3.01. The molecule has 196 valence electrons. The number of hydrogen-bond donors (Lipinski definition) is 1. The zero-order valence-corrected chi connectivity index (χ0v) is 23.0. The zero-order chi connectivity index (χ0) is 26.7. The number of aryl methyl sites for hydroxylation is 1. The first-order chi connectivity index (χ1) is 16.8. The molecule has 7 nitrogen and oxygen atoms in total. The second kappa shape index (κ2) is 11.0. The second-order valence-corrected chi connectivity index (χ2v) is 11.9. The smallest absolute Gasteiger partial charge is 0.337 e. The third kappa shape index (κ3) is 7.10. The van der Waals surface area contributed by atoms with Crippen LogP contribution in [0, 0.1) is 30.2 Å². The number of anilines is 1. The first kappa shape index (κ1) is 27.7. The van der Waals surface area contributed by atoms with Crippen molar-refractivity contribution in [1.29, 1.82) is 0 Å². The van der Waals surface area contributed by atoms with Crippen molar-refractivity contribution in [2.75, 3.05) is 24.6 Å². The topological polar surface area (TPSA) is 84.3 Å². The maximum Gasteiger partial charge on any atom is 0.337 e. The molecular formula is C29H41N3O4. The Morgan fingerprint density at radius 3 is 2.53 bits per heavy atom. The van der Waals surface area contributed by atoms with E-state index in [2.05, 4.69) is 54.5 Å². The number of allylic oxidation sites excluding steroid dienone is 1. The molecule has 7 heteroatoms. The Kier molecular flexibility index (Phi) is 8.51. The van der Waals surface area contributed by atoms with Gasteiger partial charge in [-0.15, -0.1) is 0 Å². The van der Waals surface area contributed by atoms with Crippen molar-refractivity contribution in [3.63, 3.8) is 0 Å². The number of carboxylic acid groups (broad SMARTS) is 1. The Morgan fingerprint density at radius 2 is 1.94 bits per heavy atom. The van der Waals surface area contributed by atoms with Crippen LogP contribution in [0.4, 0.5) is 5.69 Å². The number of piperidine rings is 1. The number of carbonyl (C=O) groups is 1. The number of hydrogen-bond acceptors (Lipinski definition) is 6. The summed E-state index contributed by atoms with van der Waals surface area (Å²) in [6.45, 7) is 18.4. The summed E-state index contributed by atoms with van der Waals surface area (Å²) >= 11 is 0. The number of pyridine rings is 1. The number of aromatic nitrogens is 1. The Bertz CT molecular complexity index is 1080. The summed E-state index contributed by atoms with van der Waals surface area (Å²) in [6.07, 6.45) is 6.50. The van der Waals surface area contributed by atoms with Gasteiger partial charge in [0, 0.05) is 42.2 Å². The van der Waals surface area contributed by atoms with Crippen molar-refractivity contribution in [2.24, 2.45) is 16.3 Å². The number of carboxylic acids is 1. The summed E-state index contributed by atoms with van der Waals surface area (Å²) < 4.78 is 11.9. The Hall–Kier alpha value is -2.85. The SMILES string of the molecule is Cc1ncc(C2C#CN=C(OCC(C)C)C=C2)c(N2CCC(C)(C)CC2)c1[C@H](OC(C)(C)C)C(=O)O. The van der Waals surface area contributed by atoms with Gasteiger partial charge in [0.15, 0.2) is 6.10 Å². The molecule has 0 amide bonds. The van der Waals surface area contributed by atoms with E-state index in [1.165, 1.54) is 0 Å². The molecular weight excluding hydrogens is 454 g/mol. The molecule has 0 aromatic carbocycles. The van der Waals surface area contributed by atoms with Gasteiger partial charge in [-0.05, 0) is 57.9 Å². The predicted molar refractivity (Wildman–Crippen MR) is 143 cm³/mol. The molecule has 0 saturated carbocycles. The fraction of sp³-hybridized carbons (Fsp3) is 0.621. The Labute approximate surface area is 216 Å². The predicted octanol–water partition coefficient (Wildman–Crippen LogP) is 5.64. The maximum absolute atomic E-state index is 12.5. The summed E-state index contributed by atoms with van der Waals surface area (Å²) in [5.41, 5.74) is 2.58. The highest BCUT2D eigenvalue weighted by molar-refractivity contribution is 5.89. The average molecular weight is 496 g/mol. The molecule has 3 heterocycles. The molecule has 1 N–H and O–H groups in total. The standard InChI is InChI=1S/C29H41N3O4/c1-19(2)18-35-23-10-9-21(11-14-30-23)22-17-31-20(3)24(26(27(33)34)36-28(4,5)6)25(22)32-15-12-29(7,8)13-16-32/h9-10,17,19,21,26H,12-13,15-16,18H2,1-8H3,(H,33,34)/t21?,26-/m0/s1. The molecule has 2 atom stereocenters. The zero-order valence-electron chi connectivity index (χ0n) is 23.0. The molecule has 1 saturated heterocycles. The molecule has 0 spiro atoms. The minimum atomic E-state index is -1.15. The number of nitrogens with zero attached hydrogens (tertiary/aromatic N) is 3. The van der Waals surface area contributed by atoms with E-state index >= 15 is 0 Å². The van der Waals surface area contributed by atoms with Gasteiger partial charge in [0.1, 0.15) is 0 Å². The lowest BCUT2D eigenvalue weighted by atomic mass is 9.81. The van der Waals surface area contributed by atoms with E-state index in [0.717, 1.165) is 37.2 Å². The Morgan fingerprint density at radius 1 is 1.28 bits per heavy atom. The van der Waals surface area contributed by atoms with E-state index in [1.54, 1.807) is 0 Å². The van der Waals surface area contributed by atoms with Crippen LogP contribution in [0.5, 0.6) is 0 Å². The fourth-order valence-electron chi connectivity index (χ4n) is 4.38. The van der Waals surface area contributed by atoms with Crippen molar-refractivity contribution in [2.45, 2.75) is 85.9 Å². The quantitative estimate of drug-likeness (QED) is 0.493. The van der Waals surface area contributed by atoms with E-state index < -0.39 is 17.7 Å². The molecule has 2 aliphatic heterocycles. The number of rotatable bonds is 7. The first-order valence-electron chi connectivity index (χ1n) is 12.8. The minimum Gasteiger partial charge on any atom is -0.479 e. The molecule has 1 fully saturated rings. The van der Waals surface area contributed by atoms with Gasteiger partial charge >= 0.3 is 5.97 Å². The van der Waals surface area contributed by atoms with Gasteiger partial charge in [-0.1, -0.05) is 39.7 Å². The molecule has 0 radical (unpaired) electrons. The Balaban J connectivity index is 2.11. The van der Waals surface area contributed by atoms with Crippen LogP contribution in [0.2, 0.25) is 0 Å². The van der Waals surface area contributed by atoms with E-state index in [0.29, 0.717) is 29.7 Å². The molecule has 36 heavy (non-hydrogen) atoms. The van der Waals surface area contributed by atoms with Gasteiger partial charge < -0.3 is 19.5 Å². The highest BCUT2D eigenvalue weighted by atomic mass is 16.5. The van der Waals surface area contributed by atoms with Crippen molar-refractivity contribution >= 4 is 17.6 Å². The monoisotopic (exact) mass is 495 g/mol. The molecule has 1 aromatic heterocycles. The van der Waals surface area contributed by atoms with E-state index in [4.69, 9.17) is 9.47 Å². The lowest BCUT2D eigenvalue weighted by Crippen LogP contribution is -2.39. The van der Waals surface area contributed by atoms with Crippen LogP contribution in [0.25, 0.3) is 0 Å². The molecule has 0 aliphatic carbocycles. The number of aliphatic carboxylic acids is 1. The lowest BCUT2D eigenvalue weighted by Gasteiger charge is -2.41.